The van der Waals surface area contributed by atoms with E-state index in [4.69, 9.17) is 4.74 Å². The van der Waals surface area contributed by atoms with Crippen LogP contribution in [0.25, 0.3) is 0 Å². The zero-order chi connectivity index (χ0) is 28.6. The molecule has 0 aliphatic heterocycles. The predicted molar refractivity (Wildman–Crippen MR) is 182 cm³/mol. The summed E-state index contributed by atoms with van der Waals surface area (Å²) in [6.07, 6.45) is 2.45. The van der Waals surface area contributed by atoms with Crippen LogP contribution in [0.1, 0.15) is 95.9 Å². The number of hydrogen-bond acceptors (Lipinski definition) is 3. The largest absolute Gasteiger partial charge is 0.381 e. The summed E-state index contributed by atoms with van der Waals surface area (Å²) in [4.78, 5) is 0. The van der Waals surface area contributed by atoms with Gasteiger partial charge in [0.1, 0.15) is 32.9 Å². The standard InChI is InChI=1S/C30H72N2OSi4/c1-13-34(14-2,15-3)31(35(16-4,17-5)18-6)27-25-29-33-30-26-28-32(36(19-7,20-8)21-9)37(22-10,23-11)24-12/h13-30H2,1-12H3. The van der Waals surface area contributed by atoms with Gasteiger partial charge in [-0.3, -0.25) is 0 Å². The Labute approximate surface area is 240 Å². The lowest BCUT2D eigenvalue weighted by atomic mass is 10.4. The van der Waals surface area contributed by atoms with E-state index in [9.17, 15) is 0 Å². The summed E-state index contributed by atoms with van der Waals surface area (Å²) in [6, 6.07) is 17.0. The van der Waals surface area contributed by atoms with Crippen molar-refractivity contribution in [1.29, 1.82) is 0 Å². The first-order valence-electron chi connectivity index (χ1n) is 16.8. The van der Waals surface area contributed by atoms with Crippen LogP contribution in [-0.4, -0.2) is 67.7 Å². The van der Waals surface area contributed by atoms with Gasteiger partial charge in [0, 0.05) is 13.2 Å². The molecule has 0 heterocycles. The molecule has 0 aliphatic rings. The summed E-state index contributed by atoms with van der Waals surface area (Å²) < 4.78 is 12.8. The second-order valence-corrected chi connectivity index (χ2v) is 33.1. The Morgan fingerprint density at radius 1 is 0.351 bits per heavy atom. The van der Waals surface area contributed by atoms with E-state index >= 15 is 0 Å². The van der Waals surface area contributed by atoms with Crippen molar-refractivity contribution in [2.75, 3.05) is 26.3 Å². The molecule has 0 atom stereocenters. The Kier molecular flexibility index (Phi) is 19.4. The fourth-order valence-electron chi connectivity index (χ4n) is 8.00. The first-order chi connectivity index (χ1) is 17.7. The lowest BCUT2D eigenvalue weighted by Crippen LogP contribution is -2.66. The van der Waals surface area contributed by atoms with Crippen LogP contribution in [0.4, 0.5) is 0 Å². The normalized spacial score (nSPS) is 13.8. The van der Waals surface area contributed by atoms with E-state index in [1.54, 1.807) is 0 Å². The summed E-state index contributed by atoms with van der Waals surface area (Å²) in [5.41, 5.74) is 0. The minimum Gasteiger partial charge on any atom is -0.381 e. The molecule has 0 aromatic heterocycles. The number of hydrogen-bond donors (Lipinski definition) is 0. The third-order valence-electron chi connectivity index (χ3n) is 11.5. The molecule has 0 spiro atoms. The molecule has 0 rings (SSSR count). The topological polar surface area (TPSA) is 15.7 Å². The van der Waals surface area contributed by atoms with Gasteiger partial charge in [0.05, 0.1) is 0 Å². The van der Waals surface area contributed by atoms with Crippen LogP contribution in [-0.2, 0) is 4.74 Å². The summed E-state index contributed by atoms with van der Waals surface area (Å²) in [6.45, 7) is 34.4. The van der Waals surface area contributed by atoms with Crippen molar-refractivity contribution in [3.05, 3.63) is 0 Å². The molecule has 0 N–H and O–H groups in total. The minimum atomic E-state index is -1.36. The second-order valence-electron chi connectivity index (χ2n) is 11.8. The van der Waals surface area contributed by atoms with E-state index in [0.717, 1.165) is 13.2 Å². The van der Waals surface area contributed by atoms with Gasteiger partial charge >= 0.3 is 0 Å². The Hall–Kier alpha value is 0.748. The van der Waals surface area contributed by atoms with Gasteiger partial charge in [0.15, 0.2) is 0 Å². The van der Waals surface area contributed by atoms with Gasteiger partial charge in [0.2, 0.25) is 0 Å². The van der Waals surface area contributed by atoms with E-state index in [-0.39, 0.29) is 0 Å². The zero-order valence-electron chi connectivity index (χ0n) is 28.0. The van der Waals surface area contributed by atoms with Crippen molar-refractivity contribution in [3.63, 3.8) is 0 Å². The summed E-state index contributed by atoms with van der Waals surface area (Å²) >= 11 is 0. The first-order valence-corrected chi connectivity index (χ1v) is 27.1. The van der Waals surface area contributed by atoms with Gasteiger partial charge in [-0.2, -0.15) is 0 Å². The van der Waals surface area contributed by atoms with Crippen LogP contribution < -0.4 is 0 Å². The molecular formula is C30H72N2OSi4. The zero-order valence-corrected chi connectivity index (χ0v) is 32.0. The molecular weight excluding hydrogens is 517 g/mol. The molecule has 0 saturated heterocycles. The van der Waals surface area contributed by atoms with Gasteiger partial charge in [-0.25, -0.2) is 0 Å². The van der Waals surface area contributed by atoms with Crippen molar-refractivity contribution in [2.24, 2.45) is 0 Å². The van der Waals surface area contributed by atoms with E-state index in [0.29, 0.717) is 0 Å². The highest BCUT2D eigenvalue weighted by Gasteiger charge is 2.46. The molecule has 0 aromatic carbocycles. The van der Waals surface area contributed by atoms with Crippen molar-refractivity contribution in [3.8, 4) is 0 Å². The third-order valence-corrected chi connectivity index (χ3v) is 38.5. The van der Waals surface area contributed by atoms with E-state index in [2.05, 4.69) is 91.5 Å². The lowest BCUT2D eigenvalue weighted by Gasteiger charge is -2.52. The highest BCUT2D eigenvalue weighted by molar-refractivity contribution is 6.93. The van der Waals surface area contributed by atoms with Crippen LogP contribution in [0.3, 0.4) is 0 Å². The van der Waals surface area contributed by atoms with E-state index in [1.165, 1.54) is 98.5 Å². The SMILES string of the molecule is CC[Si](CC)(CC)N(CCCOCCCN([Si](CC)(CC)CC)[Si](CC)(CC)CC)[Si](CC)(CC)CC. The van der Waals surface area contributed by atoms with Gasteiger partial charge in [-0.05, 0) is 98.5 Å². The molecule has 0 aliphatic carbocycles. The number of nitrogens with zero attached hydrogens (tertiary/aromatic N) is 2. The molecule has 0 fully saturated rings. The monoisotopic (exact) mass is 588 g/mol. The van der Waals surface area contributed by atoms with Crippen molar-refractivity contribution in [1.82, 2.24) is 8.46 Å². The quantitative estimate of drug-likeness (QED) is 0.0823. The maximum Gasteiger partial charge on any atom is 0.120 e. The maximum atomic E-state index is 6.40. The fraction of sp³-hybridized carbons (Fsp3) is 1.00. The smallest absolute Gasteiger partial charge is 0.120 e. The Balaban J connectivity index is 5.31. The highest BCUT2D eigenvalue weighted by Crippen LogP contribution is 2.37. The van der Waals surface area contributed by atoms with Gasteiger partial charge in [0.25, 0.3) is 0 Å². The minimum absolute atomic E-state index is 0.954. The molecule has 7 heteroatoms. The Morgan fingerprint density at radius 2 is 0.541 bits per heavy atom. The van der Waals surface area contributed by atoms with Crippen LogP contribution in [0.15, 0.2) is 0 Å². The molecule has 0 saturated carbocycles. The summed E-state index contributed by atoms with van der Waals surface area (Å²) in [5, 5.41) is 0. The van der Waals surface area contributed by atoms with Gasteiger partial charge in [-0.1, -0.05) is 83.1 Å². The molecule has 224 valence electrons. The summed E-state index contributed by atoms with van der Waals surface area (Å²) in [5.74, 6) is 0. The number of rotatable bonds is 24. The average molecular weight is 589 g/mol. The third kappa shape index (κ3) is 8.86. The van der Waals surface area contributed by atoms with Crippen LogP contribution in [0.5, 0.6) is 0 Å². The maximum absolute atomic E-state index is 6.40. The fourth-order valence-corrected chi connectivity index (χ4v) is 34.8. The van der Waals surface area contributed by atoms with Gasteiger partial charge in [-0.15, -0.1) is 0 Å². The Bertz CT molecular complexity index is 441. The molecule has 0 bridgehead atoms. The van der Waals surface area contributed by atoms with E-state index < -0.39 is 32.9 Å². The van der Waals surface area contributed by atoms with Gasteiger partial charge < -0.3 is 13.2 Å². The van der Waals surface area contributed by atoms with E-state index in [1.807, 2.05) is 0 Å². The molecule has 0 radical (unpaired) electrons. The second kappa shape index (κ2) is 19.0. The lowest BCUT2D eigenvalue weighted by molar-refractivity contribution is 0.125. The molecule has 0 amide bonds. The van der Waals surface area contributed by atoms with Crippen LogP contribution in [0.2, 0.25) is 72.5 Å². The molecule has 0 aromatic rings. The average Bonchev–Trinajstić information content (AvgIpc) is 2.96. The molecule has 0 unspecified atom stereocenters. The van der Waals surface area contributed by atoms with Crippen LogP contribution >= 0.6 is 0 Å². The predicted octanol–water partition coefficient (Wildman–Crippen LogP) is 10.4. The number of ether oxygens (including phenoxy) is 1. The van der Waals surface area contributed by atoms with Crippen LogP contribution in [0, 0.1) is 0 Å². The first kappa shape index (κ1) is 37.7. The summed E-state index contributed by atoms with van der Waals surface area (Å²) in [7, 11) is -5.44. The molecule has 3 nitrogen and oxygen atoms in total. The van der Waals surface area contributed by atoms with Crippen molar-refractivity contribution in [2.45, 2.75) is 168 Å². The Morgan fingerprint density at radius 3 is 0.703 bits per heavy atom. The van der Waals surface area contributed by atoms with Crippen molar-refractivity contribution < 1.29 is 4.74 Å². The van der Waals surface area contributed by atoms with Crippen molar-refractivity contribution >= 4 is 32.9 Å². The molecule has 37 heavy (non-hydrogen) atoms. The highest BCUT2D eigenvalue weighted by atomic mass is 28.4.